The molecule has 7 nitrogen and oxygen atoms in total. The molecule has 1 aromatic rings. The minimum absolute atomic E-state index is 0.0352. The van der Waals surface area contributed by atoms with Gasteiger partial charge < -0.3 is 24.4 Å². The highest BCUT2D eigenvalue weighted by molar-refractivity contribution is 5.93. The number of likely N-dealkylation sites (N-methyl/N-ethyl adjacent to an activating group) is 1. The number of carbonyl (C=O) groups is 2. The molecule has 1 saturated carbocycles. The van der Waals surface area contributed by atoms with E-state index in [0.29, 0.717) is 13.1 Å². The maximum absolute atomic E-state index is 13.6. The molecule has 2 amide bonds. The first-order valence-corrected chi connectivity index (χ1v) is 10.9. The number of hydrogen-bond donors (Lipinski definition) is 1. The lowest BCUT2D eigenvalue weighted by atomic mass is 9.76. The highest BCUT2D eigenvalue weighted by Crippen LogP contribution is 2.52. The number of amides is 2. The molecule has 0 radical (unpaired) electrons. The lowest BCUT2D eigenvalue weighted by Crippen LogP contribution is -2.51. The van der Waals surface area contributed by atoms with Crippen molar-refractivity contribution in [2.24, 2.45) is 11.8 Å². The number of nitrogens with zero attached hydrogens (tertiary/aromatic N) is 1. The first kappa shape index (κ1) is 18.2. The minimum atomic E-state index is -0.638. The number of rotatable bonds is 4. The first-order valence-electron chi connectivity index (χ1n) is 10.9. The lowest BCUT2D eigenvalue weighted by Gasteiger charge is -2.34. The molecular formula is C23H26N2O5. The van der Waals surface area contributed by atoms with E-state index in [1.54, 1.807) is 4.90 Å². The van der Waals surface area contributed by atoms with Gasteiger partial charge in [-0.25, -0.2) is 0 Å². The number of likely N-dealkylation sites (tertiary alicyclic amines) is 1. The Morgan fingerprint density at radius 3 is 2.83 bits per heavy atom. The van der Waals surface area contributed by atoms with E-state index in [2.05, 4.69) is 5.32 Å². The predicted molar refractivity (Wildman–Crippen MR) is 107 cm³/mol. The molecule has 6 rings (SSSR count). The zero-order valence-electron chi connectivity index (χ0n) is 17.1. The van der Waals surface area contributed by atoms with Gasteiger partial charge in [-0.2, -0.15) is 0 Å². The van der Waals surface area contributed by atoms with Crippen LogP contribution in [-0.4, -0.2) is 48.3 Å². The van der Waals surface area contributed by atoms with Gasteiger partial charge in [0.15, 0.2) is 11.5 Å². The number of benzene rings is 1. The van der Waals surface area contributed by atoms with Gasteiger partial charge in [-0.3, -0.25) is 9.59 Å². The van der Waals surface area contributed by atoms with Crippen LogP contribution in [0.4, 0.5) is 0 Å². The Hall–Kier alpha value is -2.54. The summed E-state index contributed by atoms with van der Waals surface area (Å²) >= 11 is 0. The van der Waals surface area contributed by atoms with Crippen molar-refractivity contribution < 1.29 is 23.8 Å². The van der Waals surface area contributed by atoms with Crippen LogP contribution in [-0.2, 0) is 19.9 Å². The SMILES string of the molecule is CCN1C[C@@]23C=C[C@@H](O2)[C@H](C(=O)NC2(c4ccc5c(c4)OCO5)CCCC2)[C@H]3C1=O. The van der Waals surface area contributed by atoms with Crippen LogP contribution >= 0.6 is 0 Å². The second kappa shape index (κ2) is 6.23. The molecule has 1 spiro atoms. The van der Waals surface area contributed by atoms with Gasteiger partial charge in [0.1, 0.15) is 5.60 Å². The standard InChI is InChI=1S/C23H26N2O5/c1-2-25-12-23-10-7-16(30-23)18(19(23)21(25)27)20(26)24-22(8-3-4-9-22)14-5-6-15-17(11-14)29-13-28-15/h5-7,10-11,16,18-19H,2-4,8-9,12-13H2,1H3,(H,24,26)/t16-,18+,19+,23-/m1/s1. The summed E-state index contributed by atoms with van der Waals surface area (Å²) < 4.78 is 17.2. The quantitative estimate of drug-likeness (QED) is 0.770. The summed E-state index contributed by atoms with van der Waals surface area (Å²) in [4.78, 5) is 28.5. The van der Waals surface area contributed by atoms with Gasteiger partial charge in [0.2, 0.25) is 18.6 Å². The molecule has 7 heteroatoms. The van der Waals surface area contributed by atoms with Crippen LogP contribution in [0.3, 0.4) is 0 Å². The zero-order chi connectivity index (χ0) is 20.5. The Kier molecular flexibility index (Phi) is 3.79. The van der Waals surface area contributed by atoms with Gasteiger partial charge >= 0.3 is 0 Å². The van der Waals surface area contributed by atoms with E-state index in [4.69, 9.17) is 14.2 Å². The van der Waals surface area contributed by atoms with Crippen LogP contribution < -0.4 is 14.8 Å². The van der Waals surface area contributed by atoms with Crippen molar-refractivity contribution in [3.8, 4) is 11.5 Å². The Balaban J connectivity index is 1.31. The molecule has 4 heterocycles. The maximum Gasteiger partial charge on any atom is 0.231 e. The molecule has 4 aliphatic heterocycles. The fraction of sp³-hybridized carbons (Fsp3) is 0.565. The van der Waals surface area contributed by atoms with E-state index < -0.39 is 23.0 Å². The van der Waals surface area contributed by atoms with E-state index in [9.17, 15) is 9.59 Å². The van der Waals surface area contributed by atoms with Crippen LogP contribution in [0.15, 0.2) is 30.4 Å². The van der Waals surface area contributed by atoms with Gasteiger partial charge in [-0.15, -0.1) is 0 Å². The third kappa shape index (κ3) is 2.35. The molecule has 158 valence electrons. The van der Waals surface area contributed by atoms with E-state index in [1.807, 2.05) is 37.3 Å². The van der Waals surface area contributed by atoms with Gasteiger partial charge in [0.25, 0.3) is 0 Å². The zero-order valence-corrected chi connectivity index (χ0v) is 17.1. The molecular weight excluding hydrogens is 384 g/mol. The average Bonchev–Trinajstić information content (AvgIpc) is 3.55. The van der Waals surface area contributed by atoms with E-state index in [1.165, 1.54) is 0 Å². The second-order valence-electron chi connectivity index (χ2n) is 9.10. The fourth-order valence-electron chi connectivity index (χ4n) is 6.12. The lowest BCUT2D eigenvalue weighted by molar-refractivity contribution is -0.138. The average molecular weight is 410 g/mol. The topological polar surface area (TPSA) is 77.1 Å². The van der Waals surface area contributed by atoms with Gasteiger partial charge in [0, 0.05) is 6.54 Å². The van der Waals surface area contributed by atoms with Gasteiger partial charge in [-0.05, 0) is 37.5 Å². The Bertz CT molecular complexity index is 953. The second-order valence-corrected chi connectivity index (χ2v) is 9.10. The predicted octanol–water partition coefficient (Wildman–Crippen LogP) is 2.10. The fourth-order valence-corrected chi connectivity index (χ4v) is 6.12. The van der Waals surface area contributed by atoms with Crippen molar-refractivity contribution in [2.45, 2.75) is 49.9 Å². The molecule has 0 aromatic heterocycles. The molecule has 1 aromatic carbocycles. The molecule has 4 atom stereocenters. The van der Waals surface area contributed by atoms with Crippen molar-refractivity contribution >= 4 is 11.8 Å². The monoisotopic (exact) mass is 410 g/mol. The molecule has 2 saturated heterocycles. The van der Waals surface area contributed by atoms with Crippen LogP contribution in [0.5, 0.6) is 11.5 Å². The smallest absolute Gasteiger partial charge is 0.231 e. The molecule has 0 unspecified atom stereocenters. The first-order chi connectivity index (χ1) is 14.6. The third-order valence-electron chi connectivity index (χ3n) is 7.61. The van der Waals surface area contributed by atoms with E-state index in [-0.39, 0.29) is 24.7 Å². The Morgan fingerprint density at radius 1 is 1.23 bits per heavy atom. The third-order valence-corrected chi connectivity index (χ3v) is 7.61. The summed E-state index contributed by atoms with van der Waals surface area (Å²) in [5.41, 5.74) is -0.0376. The van der Waals surface area contributed by atoms with Crippen LogP contribution in [0, 0.1) is 11.8 Å². The van der Waals surface area contributed by atoms with Crippen LogP contribution in [0.1, 0.15) is 38.2 Å². The number of nitrogens with one attached hydrogen (secondary N) is 1. The van der Waals surface area contributed by atoms with Crippen molar-refractivity contribution in [2.75, 3.05) is 19.9 Å². The highest BCUT2D eigenvalue weighted by atomic mass is 16.7. The maximum atomic E-state index is 13.6. The van der Waals surface area contributed by atoms with Crippen LogP contribution in [0.2, 0.25) is 0 Å². The molecule has 1 N–H and O–H groups in total. The number of fused-ring (bicyclic) bond motifs is 2. The normalized spacial score (nSPS) is 34.6. The number of ether oxygens (including phenoxy) is 3. The van der Waals surface area contributed by atoms with Crippen molar-refractivity contribution in [1.29, 1.82) is 0 Å². The summed E-state index contributed by atoms with van der Waals surface area (Å²) in [6.07, 6.45) is 7.49. The largest absolute Gasteiger partial charge is 0.454 e. The molecule has 30 heavy (non-hydrogen) atoms. The highest BCUT2D eigenvalue weighted by Gasteiger charge is 2.66. The van der Waals surface area contributed by atoms with E-state index >= 15 is 0 Å². The number of carbonyl (C=O) groups excluding carboxylic acids is 2. The Morgan fingerprint density at radius 2 is 2.03 bits per heavy atom. The minimum Gasteiger partial charge on any atom is -0.454 e. The summed E-state index contributed by atoms with van der Waals surface area (Å²) in [6, 6.07) is 5.94. The molecule has 2 bridgehead atoms. The van der Waals surface area contributed by atoms with Gasteiger partial charge in [-0.1, -0.05) is 31.1 Å². The summed E-state index contributed by atoms with van der Waals surface area (Å²) in [6.45, 7) is 3.37. The summed E-state index contributed by atoms with van der Waals surface area (Å²) in [5.74, 6) is 0.508. The Labute approximate surface area is 175 Å². The van der Waals surface area contributed by atoms with E-state index in [0.717, 1.165) is 42.7 Å². The summed E-state index contributed by atoms with van der Waals surface area (Å²) in [7, 11) is 0. The van der Waals surface area contributed by atoms with Gasteiger partial charge in [0.05, 0.1) is 30.0 Å². The van der Waals surface area contributed by atoms with Crippen LogP contribution in [0.25, 0.3) is 0 Å². The van der Waals surface area contributed by atoms with Crippen molar-refractivity contribution in [3.63, 3.8) is 0 Å². The number of hydrogen-bond acceptors (Lipinski definition) is 5. The van der Waals surface area contributed by atoms with Crippen molar-refractivity contribution in [1.82, 2.24) is 10.2 Å². The van der Waals surface area contributed by atoms with Crippen molar-refractivity contribution in [3.05, 3.63) is 35.9 Å². The molecule has 1 aliphatic carbocycles. The molecule has 5 aliphatic rings. The molecule has 3 fully saturated rings. The summed E-state index contributed by atoms with van der Waals surface area (Å²) in [5, 5.41) is 3.37.